The third-order valence-corrected chi connectivity index (χ3v) is 3.88. The Hall–Kier alpha value is -0.900. The highest BCUT2D eigenvalue weighted by Crippen LogP contribution is 2.11. The molecule has 0 spiro atoms. The van der Waals surface area contributed by atoms with E-state index in [0.29, 0.717) is 6.10 Å². The molecule has 0 aliphatic carbocycles. The van der Waals surface area contributed by atoms with Gasteiger partial charge in [0.25, 0.3) is 0 Å². The van der Waals surface area contributed by atoms with Gasteiger partial charge in [0.2, 0.25) is 0 Å². The van der Waals surface area contributed by atoms with Crippen molar-refractivity contribution in [2.24, 2.45) is 0 Å². The first kappa shape index (κ1) is 14.5. The summed E-state index contributed by atoms with van der Waals surface area (Å²) < 4.78 is 5.28. The quantitative estimate of drug-likeness (QED) is 0.849. The number of methoxy groups -OCH3 is 1. The van der Waals surface area contributed by atoms with Gasteiger partial charge in [-0.05, 0) is 30.9 Å². The summed E-state index contributed by atoms with van der Waals surface area (Å²) in [5, 5.41) is 3.39. The summed E-state index contributed by atoms with van der Waals surface area (Å²) in [7, 11) is 1.78. The zero-order valence-electron chi connectivity index (χ0n) is 12.2. The van der Waals surface area contributed by atoms with Crippen LogP contribution in [0.5, 0.6) is 0 Å². The lowest BCUT2D eigenvalue weighted by Gasteiger charge is -2.27. The summed E-state index contributed by atoms with van der Waals surface area (Å²) in [6.07, 6.45) is 2.54. The third kappa shape index (κ3) is 4.94. The molecule has 1 aliphatic heterocycles. The second-order valence-corrected chi connectivity index (χ2v) is 5.43. The van der Waals surface area contributed by atoms with E-state index < -0.39 is 0 Å². The second kappa shape index (κ2) is 7.63. The van der Waals surface area contributed by atoms with Crippen LogP contribution in [0.3, 0.4) is 0 Å². The maximum atomic E-state index is 5.28. The predicted molar refractivity (Wildman–Crippen MR) is 79.4 cm³/mol. The van der Waals surface area contributed by atoms with Crippen LogP contribution < -0.4 is 5.32 Å². The smallest absolute Gasteiger partial charge is 0.0546 e. The van der Waals surface area contributed by atoms with E-state index in [2.05, 4.69) is 41.4 Å². The maximum Gasteiger partial charge on any atom is 0.0546 e. The van der Waals surface area contributed by atoms with Crippen molar-refractivity contribution in [3.63, 3.8) is 0 Å². The van der Waals surface area contributed by atoms with Crippen molar-refractivity contribution in [1.29, 1.82) is 0 Å². The molecule has 1 aliphatic rings. The van der Waals surface area contributed by atoms with Crippen molar-refractivity contribution in [2.75, 3.05) is 33.3 Å². The maximum absolute atomic E-state index is 5.28. The standard InChI is InChI=1S/C16H26N2O/c1-14(19-2)3-4-15-5-7-16(8-6-15)13-18-11-9-17-10-12-18/h5-8,14,17H,3-4,9-13H2,1-2H3. The Labute approximate surface area is 116 Å². The van der Waals surface area contributed by atoms with Crippen LogP contribution in [0.4, 0.5) is 0 Å². The van der Waals surface area contributed by atoms with Crippen LogP contribution in [-0.2, 0) is 17.7 Å². The fraction of sp³-hybridized carbons (Fsp3) is 0.625. The number of piperazine rings is 1. The zero-order chi connectivity index (χ0) is 13.5. The van der Waals surface area contributed by atoms with Crippen molar-refractivity contribution >= 4 is 0 Å². The molecule has 0 radical (unpaired) electrons. The van der Waals surface area contributed by atoms with Gasteiger partial charge in [-0.25, -0.2) is 0 Å². The molecule has 2 rings (SSSR count). The van der Waals surface area contributed by atoms with Crippen LogP contribution >= 0.6 is 0 Å². The van der Waals surface area contributed by atoms with Crippen LogP contribution in [-0.4, -0.2) is 44.3 Å². The summed E-state index contributed by atoms with van der Waals surface area (Å²) in [5.41, 5.74) is 2.83. The van der Waals surface area contributed by atoms with E-state index in [4.69, 9.17) is 4.74 Å². The zero-order valence-corrected chi connectivity index (χ0v) is 12.2. The minimum absolute atomic E-state index is 0.348. The first-order valence-corrected chi connectivity index (χ1v) is 7.31. The molecule has 1 aromatic carbocycles. The van der Waals surface area contributed by atoms with Crippen molar-refractivity contribution in [1.82, 2.24) is 10.2 Å². The summed E-state index contributed by atoms with van der Waals surface area (Å²) in [4.78, 5) is 2.51. The first-order valence-electron chi connectivity index (χ1n) is 7.31. The molecule has 0 aromatic heterocycles. The molecule has 1 N–H and O–H groups in total. The average Bonchev–Trinajstić information content (AvgIpc) is 2.47. The molecule has 1 heterocycles. The van der Waals surface area contributed by atoms with Crippen LogP contribution in [0.1, 0.15) is 24.5 Å². The number of nitrogens with zero attached hydrogens (tertiary/aromatic N) is 1. The van der Waals surface area contributed by atoms with Gasteiger partial charge in [-0.2, -0.15) is 0 Å². The molecule has 1 fully saturated rings. The normalized spacial score (nSPS) is 18.4. The third-order valence-electron chi connectivity index (χ3n) is 3.88. The van der Waals surface area contributed by atoms with Gasteiger partial charge < -0.3 is 10.1 Å². The lowest BCUT2D eigenvalue weighted by atomic mass is 10.1. The predicted octanol–water partition coefficient (Wildman–Crippen LogP) is 2.06. The van der Waals surface area contributed by atoms with E-state index in [0.717, 1.165) is 45.6 Å². The molecule has 1 saturated heterocycles. The number of nitrogens with one attached hydrogen (secondary N) is 1. The minimum atomic E-state index is 0.348. The Balaban J connectivity index is 1.80. The lowest BCUT2D eigenvalue weighted by Crippen LogP contribution is -2.42. The molecule has 1 atom stereocenters. The van der Waals surface area contributed by atoms with E-state index in [1.807, 2.05) is 0 Å². The fourth-order valence-electron chi connectivity index (χ4n) is 2.43. The van der Waals surface area contributed by atoms with Crippen LogP contribution in [0, 0.1) is 0 Å². The monoisotopic (exact) mass is 262 g/mol. The summed E-state index contributed by atoms with van der Waals surface area (Å²) in [6.45, 7) is 7.76. The molecule has 3 nitrogen and oxygen atoms in total. The van der Waals surface area contributed by atoms with Crippen LogP contribution in [0.15, 0.2) is 24.3 Å². The molecule has 1 aromatic rings. The SMILES string of the molecule is COC(C)CCc1ccc(CN2CCNCC2)cc1. The van der Waals surface area contributed by atoms with Crippen molar-refractivity contribution in [3.8, 4) is 0 Å². The molecule has 0 saturated carbocycles. The molecule has 0 bridgehead atoms. The summed E-state index contributed by atoms with van der Waals surface area (Å²) in [5.74, 6) is 0. The number of hydrogen-bond donors (Lipinski definition) is 1. The Morgan fingerprint density at radius 2 is 1.79 bits per heavy atom. The highest BCUT2D eigenvalue weighted by Gasteiger charge is 2.09. The molecule has 106 valence electrons. The van der Waals surface area contributed by atoms with Gasteiger partial charge in [0.15, 0.2) is 0 Å². The number of aryl methyl sites for hydroxylation is 1. The summed E-state index contributed by atoms with van der Waals surface area (Å²) in [6, 6.07) is 9.07. The van der Waals surface area contributed by atoms with Gasteiger partial charge in [-0.15, -0.1) is 0 Å². The van der Waals surface area contributed by atoms with E-state index >= 15 is 0 Å². The topological polar surface area (TPSA) is 24.5 Å². The lowest BCUT2D eigenvalue weighted by molar-refractivity contribution is 0.111. The Bertz CT molecular complexity index is 358. The highest BCUT2D eigenvalue weighted by atomic mass is 16.5. The van der Waals surface area contributed by atoms with Crippen LogP contribution in [0.25, 0.3) is 0 Å². The van der Waals surface area contributed by atoms with Crippen molar-refractivity contribution < 1.29 is 4.74 Å². The number of benzene rings is 1. The van der Waals surface area contributed by atoms with Gasteiger partial charge >= 0.3 is 0 Å². The van der Waals surface area contributed by atoms with Gasteiger partial charge in [0, 0.05) is 39.8 Å². The second-order valence-electron chi connectivity index (χ2n) is 5.43. The largest absolute Gasteiger partial charge is 0.382 e. The average molecular weight is 262 g/mol. The molecular weight excluding hydrogens is 236 g/mol. The van der Waals surface area contributed by atoms with E-state index in [1.165, 1.54) is 11.1 Å². The molecule has 0 amide bonds. The Morgan fingerprint density at radius 1 is 1.16 bits per heavy atom. The Morgan fingerprint density at radius 3 is 2.42 bits per heavy atom. The van der Waals surface area contributed by atoms with Gasteiger partial charge in [-0.1, -0.05) is 24.3 Å². The fourth-order valence-corrected chi connectivity index (χ4v) is 2.43. The molecular formula is C16H26N2O. The van der Waals surface area contributed by atoms with Gasteiger partial charge in [-0.3, -0.25) is 4.90 Å². The highest BCUT2D eigenvalue weighted by molar-refractivity contribution is 5.22. The van der Waals surface area contributed by atoms with E-state index in [9.17, 15) is 0 Å². The molecule has 19 heavy (non-hydrogen) atoms. The van der Waals surface area contributed by atoms with Crippen molar-refractivity contribution in [2.45, 2.75) is 32.4 Å². The van der Waals surface area contributed by atoms with Crippen LogP contribution in [0.2, 0.25) is 0 Å². The number of ether oxygens (including phenoxy) is 1. The van der Waals surface area contributed by atoms with Gasteiger partial charge in [0.1, 0.15) is 0 Å². The number of hydrogen-bond acceptors (Lipinski definition) is 3. The Kier molecular flexibility index (Phi) is 5.83. The molecule has 1 unspecified atom stereocenters. The molecule has 3 heteroatoms. The van der Waals surface area contributed by atoms with Gasteiger partial charge in [0.05, 0.1) is 6.10 Å². The minimum Gasteiger partial charge on any atom is -0.382 e. The summed E-state index contributed by atoms with van der Waals surface area (Å²) >= 11 is 0. The van der Waals surface area contributed by atoms with E-state index in [1.54, 1.807) is 7.11 Å². The van der Waals surface area contributed by atoms with Crippen molar-refractivity contribution in [3.05, 3.63) is 35.4 Å². The first-order chi connectivity index (χ1) is 9.28. The van der Waals surface area contributed by atoms with E-state index in [-0.39, 0.29) is 0 Å². The number of rotatable bonds is 6.